The minimum atomic E-state index is -0.497. The summed E-state index contributed by atoms with van der Waals surface area (Å²) in [6.45, 7) is 5.60. The molecule has 0 saturated heterocycles. The highest BCUT2D eigenvalue weighted by molar-refractivity contribution is 6.10. The number of nitrogens with zero attached hydrogens (tertiary/aromatic N) is 3. The third-order valence-corrected chi connectivity index (χ3v) is 5.63. The quantitative estimate of drug-likeness (QED) is 0.324. The molecule has 174 valence electrons. The van der Waals surface area contributed by atoms with Gasteiger partial charge in [0.15, 0.2) is 11.4 Å². The van der Waals surface area contributed by atoms with Gasteiger partial charge < -0.3 is 15.2 Å². The highest BCUT2D eigenvalue weighted by Crippen LogP contribution is 2.37. The molecule has 2 aromatic heterocycles. The van der Waals surface area contributed by atoms with E-state index >= 15 is 0 Å². The van der Waals surface area contributed by atoms with E-state index < -0.39 is 5.97 Å². The summed E-state index contributed by atoms with van der Waals surface area (Å²) >= 11 is 0. The first kappa shape index (κ1) is 23.0. The summed E-state index contributed by atoms with van der Waals surface area (Å²) in [4.78, 5) is 30.3. The third kappa shape index (κ3) is 4.22. The molecule has 2 heterocycles. The first-order valence-corrected chi connectivity index (χ1v) is 10.9. The van der Waals surface area contributed by atoms with E-state index in [0.29, 0.717) is 39.2 Å². The number of Topliss-reactive ketones (excluding diaryl/α,β-unsaturated/α-hetero) is 1. The molecular weight excluding hydrogens is 432 g/mol. The van der Waals surface area contributed by atoms with E-state index in [9.17, 15) is 9.59 Å². The van der Waals surface area contributed by atoms with Gasteiger partial charge in [-0.1, -0.05) is 42.0 Å². The number of hydrogen-bond acceptors (Lipinski definition) is 7. The lowest BCUT2D eigenvalue weighted by molar-refractivity contribution is 0.0526. The van der Waals surface area contributed by atoms with Crippen LogP contribution < -0.4 is 10.5 Å². The lowest BCUT2D eigenvalue weighted by Gasteiger charge is -2.13. The largest absolute Gasteiger partial charge is 0.497 e. The summed E-state index contributed by atoms with van der Waals surface area (Å²) in [5.41, 5.74) is 10.6. The number of nitrogens with two attached hydrogens (primary N) is 1. The minimum absolute atomic E-state index is 0.0545. The summed E-state index contributed by atoms with van der Waals surface area (Å²) in [7, 11) is 1.58. The zero-order valence-corrected chi connectivity index (χ0v) is 19.6. The van der Waals surface area contributed by atoms with Gasteiger partial charge in [-0.25, -0.2) is 14.5 Å². The molecule has 8 heteroatoms. The van der Waals surface area contributed by atoms with Gasteiger partial charge in [0.2, 0.25) is 0 Å². The van der Waals surface area contributed by atoms with E-state index in [0.717, 1.165) is 11.1 Å². The number of rotatable bonds is 7. The Morgan fingerprint density at radius 2 is 1.71 bits per heavy atom. The van der Waals surface area contributed by atoms with Crippen molar-refractivity contribution in [3.05, 3.63) is 70.9 Å². The zero-order valence-electron chi connectivity index (χ0n) is 19.6. The number of ketones is 1. The lowest BCUT2D eigenvalue weighted by Crippen LogP contribution is -2.13. The van der Waals surface area contributed by atoms with Crippen molar-refractivity contribution in [3.63, 3.8) is 0 Å². The number of anilines is 1. The summed E-state index contributed by atoms with van der Waals surface area (Å²) < 4.78 is 12.0. The average molecular weight is 459 g/mol. The Kier molecular flexibility index (Phi) is 6.32. The predicted molar refractivity (Wildman–Crippen MR) is 130 cm³/mol. The van der Waals surface area contributed by atoms with Crippen molar-refractivity contribution in [1.29, 1.82) is 0 Å². The van der Waals surface area contributed by atoms with Crippen molar-refractivity contribution in [1.82, 2.24) is 14.8 Å². The van der Waals surface area contributed by atoms with Gasteiger partial charge >= 0.3 is 5.97 Å². The van der Waals surface area contributed by atoms with Crippen molar-refractivity contribution in [2.45, 2.75) is 27.3 Å². The highest BCUT2D eigenvalue weighted by atomic mass is 16.5. The van der Waals surface area contributed by atoms with E-state index in [2.05, 4.69) is 10.1 Å². The fourth-order valence-corrected chi connectivity index (χ4v) is 3.89. The maximum atomic E-state index is 12.9. The van der Waals surface area contributed by atoms with Gasteiger partial charge in [-0.2, -0.15) is 0 Å². The standard InChI is InChI=1S/C26H26N4O4/c1-5-34-26(32)21-16(3)28-25-23(22(21)18-10-12-19(33-4)13-11-18)24(27)30(29-25)14-20(31)17-8-6-15(2)7-9-17/h6-13H,5,14,27H2,1-4H3. The van der Waals surface area contributed by atoms with Crippen molar-refractivity contribution < 1.29 is 19.1 Å². The molecule has 0 bridgehead atoms. The molecule has 34 heavy (non-hydrogen) atoms. The number of fused-ring (bicyclic) bond motifs is 1. The number of ether oxygens (including phenoxy) is 2. The summed E-state index contributed by atoms with van der Waals surface area (Å²) in [6.07, 6.45) is 0. The number of benzene rings is 2. The molecule has 0 saturated carbocycles. The normalized spacial score (nSPS) is 10.9. The molecular formula is C26H26N4O4. The maximum Gasteiger partial charge on any atom is 0.340 e. The Balaban J connectivity index is 1.89. The number of carbonyl (C=O) groups is 2. The van der Waals surface area contributed by atoms with Crippen molar-refractivity contribution in [2.24, 2.45) is 0 Å². The van der Waals surface area contributed by atoms with Crippen LogP contribution in [0.3, 0.4) is 0 Å². The molecule has 2 aromatic carbocycles. The van der Waals surface area contributed by atoms with Crippen LogP contribution in [0.5, 0.6) is 5.75 Å². The fourth-order valence-electron chi connectivity index (χ4n) is 3.89. The van der Waals surface area contributed by atoms with Gasteiger partial charge in [-0.15, -0.1) is 5.10 Å². The zero-order chi connectivity index (χ0) is 24.4. The maximum absolute atomic E-state index is 12.9. The molecule has 0 radical (unpaired) electrons. The fraction of sp³-hybridized carbons (Fsp3) is 0.231. The van der Waals surface area contributed by atoms with Crippen LogP contribution in [0, 0.1) is 13.8 Å². The molecule has 8 nitrogen and oxygen atoms in total. The van der Waals surface area contributed by atoms with Gasteiger partial charge in [0.1, 0.15) is 18.1 Å². The van der Waals surface area contributed by atoms with E-state index in [4.69, 9.17) is 15.2 Å². The number of methoxy groups -OCH3 is 1. The van der Waals surface area contributed by atoms with Gasteiger partial charge in [-0.3, -0.25) is 4.79 Å². The number of pyridine rings is 1. The number of carbonyl (C=O) groups excluding carboxylic acids is 2. The van der Waals surface area contributed by atoms with Crippen molar-refractivity contribution in [2.75, 3.05) is 19.5 Å². The predicted octanol–water partition coefficient (Wildman–Crippen LogP) is 4.37. The second-order valence-electron chi connectivity index (χ2n) is 7.93. The number of esters is 1. The molecule has 0 aliphatic rings. The summed E-state index contributed by atoms with van der Waals surface area (Å²) in [5.74, 6) is 0.297. The number of nitrogen functional groups attached to an aromatic ring is 1. The number of hydrogen-bond donors (Lipinski definition) is 1. The Bertz CT molecular complexity index is 1370. The Morgan fingerprint density at radius 1 is 1.03 bits per heavy atom. The van der Waals surface area contributed by atoms with Crippen LogP contribution in [0.2, 0.25) is 0 Å². The molecule has 4 aromatic rings. The molecule has 0 fully saturated rings. The number of aryl methyl sites for hydroxylation is 2. The second kappa shape index (κ2) is 9.35. The third-order valence-electron chi connectivity index (χ3n) is 5.63. The Hall–Kier alpha value is -4.20. The summed E-state index contributed by atoms with van der Waals surface area (Å²) in [6, 6.07) is 14.6. The van der Waals surface area contributed by atoms with Crippen LogP contribution in [0.1, 0.15) is 38.9 Å². The van der Waals surface area contributed by atoms with E-state index in [1.54, 1.807) is 45.2 Å². The number of aromatic nitrogens is 3. The Morgan fingerprint density at radius 3 is 2.32 bits per heavy atom. The van der Waals surface area contributed by atoms with Gasteiger partial charge in [0.05, 0.1) is 30.4 Å². The van der Waals surface area contributed by atoms with Crippen LogP contribution in [0.4, 0.5) is 5.82 Å². The van der Waals surface area contributed by atoms with Crippen LogP contribution in [0.25, 0.3) is 22.2 Å². The Labute approximate surface area is 197 Å². The van der Waals surface area contributed by atoms with Crippen molar-refractivity contribution >= 4 is 28.6 Å². The minimum Gasteiger partial charge on any atom is -0.497 e. The van der Waals surface area contributed by atoms with Gasteiger partial charge in [0, 0.05) is 11.1 Å². The molecule has 0 aliphatic carbocycles. The molecule has 0 aliphatic heterocycles. The molecule has 2 N–H and O–H groups in total. The topological polar surface area (TPSA) is 109 Å². The van der Waals surface area contributed by atoms with Gasteiger partial charge in [-0.05, 0) is 38.5 Å². The van der Waals surface area contributed by atoms with Crippen LogP contribution in [-0.2, 0) is 11.3 Å². The van der Waals surface area contributed by atoms with Crippen LogP contribution >= 0.6 is 0 Å². The van der Waals surface area contributed by atoms with Crippen LogP contribution in [-0.4, -0.2) is 40.2 Å². The first-order valence-electron chi connectivity index (χ1n) is 10.9. The molecule has 4 rings (SSSR count). The molecule has 0 amide bonds. The van der Waals surface area contributed by atoms with E-state index in [1.165, 1.54) is 4.68 Å². The smallest absolute Gasteiger partial charge is 0.340 e. The first-order chi connectivity index (χ1) is 16.3. The molecule has 0 spiro atoms. The van der Waals surface area contributed by atoms with Gasteiger partial charge in [0.25, 0.3) is 0 Å². The lowest BCUT2D eigenvalue weighted by atomic mass is 9.95. The average Bonchev–Trinajstić information content (AvgIpc) is 3.13. The van der Waals surface area contributed by atoms with E-state index in [1.807, 2.05) is 31.2 Å². The molecule has 0 atom stereocenters. The van der Waals surface area contributed by atoms with Crippen molar-refractivity contribution in [3.8, 4) is 16.9 Å². The van der Waals surface area contributed by atoms with E-state index in [-0.39, 0.29) is 24.8 Å². The highest BCUT2D eigenvalue weighted by Gasteiger charge is 2.26. The molecule has 0 unspecified atom stereocenters. The summed E-state index contributed by atoms with van der Waals surface area (Å²) in [5, 5.41) is 5.00. The second-order valence-corrected chi connectivity index (χ2v) is 7.93. The monoisotopic (exact) mass is 458 g/mol. The van der Waals surface area contributed by atoms with Crippen LogP contribution in [0.15, 0.2) is 48.5 Å². The SMILES string of the molecule is CCOC(=O)c1c(C)nc2nn(CC(=O)c3ccc(C)cc3)c(N)c2c1-c1ccc(OC)cc1.